The summed E-state index contributed by atoms with van der Waals surface area (Å²) < 4.78 is 32.8. The Balaban J connectivity index is 2.15. The van der Waals surface area contributed by atoms with E-state index in [0.29, 0.717) is 0 Å². The number of carbonyl (C=O) groups is 1. The second kappa shape index (κ2) is 7.68. The first kappa shape index (κ1) is 16.9. The van der Waals surface area contributed by atoms with Gasteiger partial charge in [-0.3, -0.25) is 0 Å². The molecule has 2 nitrogen and oxygen atoms in total. The number of carbonyl (C=O) groups excluding carboxylic acids is 1. The molecule has 0 unspecified atom stereocenters. The Hall–Kier alpha value is -2.49. The summed E-state index contributed by atoms with van der Waals surface area (Å²) in [5.74, 6) is -3.92. The van der Waals surface area contributed by atoms with Gasteiger partial charge in [0.15, 0.2) is 5.83 Å². The van der Waals surface area contributed by atoms with E-state index in [4.69, 9.17) is 4.74 Å². The molecule has 0 fully saturated rings. The lowest BCUT2D eigenvalue weighted by Crippen LogP contribution is -2.09. The molecule has 120 valence electrons. The van der Waals surface area contributed by atoms with Crippen molar-refractivity contribution in [2.24, 2.45) is 0 Å². The van der Waals surface area contributed by atoms with E-state index in [1.165, 1.54) is 12.1 Å². The topological polar surface area (TPSA) is 26.3 Å². The number of benzene rings is 2. The number of hydrogen-bond donors (Lipinski definition) is 0. The van der Waals surface area contributed by atoms with Gasteiger partial charge in [0.25, 0.3) is 0 Å². The number of aryl methyl sites for hydroxylation is 2. The zero-order chi connectivity index (χ0) is 16.8. The molecule has 0 atom stereocenters. The average molecular weight is 316 g/mol. The number of rotatable bonds is 5. The first-order valence-electron chi connectivity index (χ1n) is 7.50. The van der Waals surface area contributed by atoms with Crippen LogP contribution in [0.5, 0.6) is 5.75 Å². The second-order valence-corrected chi connectivity index (χ2v) is 5.07. The quantitative estimate of drug-likeness (QED) is 0.439. The van der Waals surface area contributed by atoms with Crippen molar-refractivity contribution in [2.45, 2.75) is 26.7 Å². The predicted molar refractivity (Wildman–Crippen MR) is 86.4 cm³/mol. The first-order valence-corrected chi connectivity index (χ1v) is 7.50. The molecule has 0 saturated heterocycles. The Morgan fingerprint density at radius 1 is 0.870 bits per heavy atom. The minimum absolute atomic E-state index is 0.0120. The lowest BCUT2D eigenvalue weighted by Gasteiger charge is -2.05. The summed E-state index contributed by atoms with van der Waals surface area (Å²) in [6.45, 7) is 3.95. The van der Waals surface area contributed by atoms with Crippen molar-refractivity contribution in [1.29, 1.82) is 0 Å². The lowest BCUT2D eigenvalue weighted by molar-refractivity contribution is -0.131. The van der Waals surface area contributed by atoms with Gasteiger partial charge in [0.1, 0.15) is 5.75 Å². The van der Waals surface area contributed by atoms with Gasteiger partial charge in [-0.2, -0.15) is 4.39 Å². The van der Waals surface area contributed by atoms with Gasteiger partial charge in [0.2, 0.25) is 5.83 Å². The highest BCUT2D eigenvalue weighted by atomic mass is 19.2. The maximum absolute atomic E-state index is 14.0. The number of halogens is 2. The van der Waals surface area contributed by atoms with E-state index in [1.54, 1.807) is 36.4 Å². The Kier molecular flexibility index (Phi) is 5.63. The SMILES string of the molecule is CCc1ccc(OC(=O)/C(F)=C(\F)c2ccc(CC)cc2)cc1. The van der Waals surface area contributed by atoms with Crippen molar-refractivity contribution in [3.63, 3.8) is 0 Å². The van der Waals surface area contributed by atoms with E-state index in [9.17, 15) is 13.6 Å². The molecule has 0 aliphatic carbocycles. The number of ether oxygens (including phenoxy) is 1. The summed E-state index contributed by atoms with van der Waals surface area (Å²) in [5.41, 5.74) is 2.07. The van der Waals surface area contributed by atoms with Gasteiger partial charge in [0.05, 0.1) is 0 Å². The summed E-state index contributed by atoms with van der Waals surface area (Å²) >= 11 is 0. The third kappa shape index (κ3) is 4.25. The van der Waals surface area contributed by atoms with Crippen LogP contribution in [0.4, 0.5) is 8.78 Å². The van der Waals surface area contributed by atoms with Crippen LogP contribution in [-0.2, 0) is 17.6 Å². The van der Waals surface area contributed by atoms with Crippen LogP contribution in [0.1, 0.15) is 30.5 Å². The zero-order valence-corrected chi connectivity index (χ0v) is 13.1. The Morgan fingerprint density at radius 3 is 1.83 bits per heavy atom. The van der Waals surface area contributed by atoms with E-state index in [1.807, 2.05) is 13.8 Å². The molecule has 0 radical (unpaired) electrons. The Labute approximate surface area is 134 Å². The van der Waals surface area contributed by atoms with Gasteiger partial charge < -0.3 is 4.74 Å². The fraction of sp³-hybridized carbons (Fsp3) is 0.211. The molecule has 0 heterocycles. The van der Waals surface area contributed by atoms with Gasteiger partial charge in [-0.25, -0.2) is 9.18 Å². The van der Waals surface area contributed by atoms with Crippen molar-refractivity contribution in [1.82, 2.24) is 0 Å². The summed E-state index contributed by atoms with van der Waals surface area (Å²) in [6.07, 6.45) is 1.63. The van der Waals surface area contributed by atoms with Crippen molar-refractivity contribution < 1.29 is 18.3 Å². The molecule has 0 saturated carbocycles. The normalized spacial score (nSPS) is 11.8. The highest BCUT2D eigenvalue weighted by molar-refractivity contribution is 5.94. The monoisotopic (exact) mass is 316 g/mol. The maximum atomic E-state index is 14.0. The molecule has 23 heavy (non-hydrogen) atoms. The Bertz CT molecular complexity index is 701. The summed E-state index contributed by atoms with van der Waals surface area (Å²) in [4.78, 5) is 11.7. The third-order valence-electron chi connectivity index (χ3n) is 3.53. The van der Waals surface area contributed by atoms with Crippen LogP contribution in [0.25, 0.3) is 5.83 Å². The first-order chi connectivity index (χ1) is 11.0. The molecule has 2 aromatic rings. The van der Waals surface area contributed by atoms with Gasteiger partial charge in [-0.15, -0.1) is 0 Å². The average Bonchev–Trinajstić information content (AvgIpc) is 2.61. The standard InChI is InChI=1S/C19H18F2O2/c1-3-13-5-9-15(10-6-13)17(20)18(21)19(22)23-16-11-7-14(4-2)8-12-16/h5-12H,3-4H2,1-2H3/b18-17+. The van der Waals surface area contributed by atoms with Gasteiger partial charge >= 0.3 is 5.97 Å². The van der Waals surface area contributed by atoms with Crippen molar-refractivity contribution >= 4 is 11.8 Å². The van der Waals surface area contributed by atoms with Gasteiger partial charge in [-0.05, 0) is 36.1 Å². The minimum Gasteiger partial charge on any atom is -0.421 e. The van der Waals surface area contributed by atoms with E-state index in [-0.39, 0.29) is 11.3 Å². The molecular weight excluding hydrogens is 298 g/mol. The van der Waals surface area contributed by atoms with Crippen molar-refractivity contribution in [2.75, 3.05) is 0 Å². The summed E-state index contributed by atoms with van der Waals surface area (Å²) in [6, 6.07) is 12.9. The molecular formula is C19H18F2O2. The molecule has 0 aliphatic heterocycles. The maximum Gasteiger partial charge on any atom is 0.375 e. The fourth-order valence-electron chi connectivity index (χ4n) is 2.05. The van der Waals surface area contributed by atoms with E-state index >= 15 is 0 Å². The minimum atomic E-state index is -1.53. The fourth-order valence-corrected chi connectivity index (χ4v) is 2.05. The van der Waals surface area contributed by atoms with Crippen LogP contribution in [0.15, 0.2) is 54.4 Å². The van der Waals surface area contributed by atoms with Crippen LogP contribution in [0, 0.1) is 0 Å². The largest absolute Gasteiger partial charge is 0.421 e. The smallest absolute Gasteiger partial charge is 0.375 e. The number of esters is 1. The molecule has 0 aromatic heterocycles. The molecule has 4 heteroatoms. The predicted octanol–water partition coefficient (Wildman–Crippen LogP) is 5.02. The lowest BCUT2D eigenvalue weighted by atomic mass is 10.1. The molecule has 0 N–H and O–H groups in total. The van der Waals surface area contributed by atoms with Crippen LogP contribution < -0.4 is 4.74 Å². The molecule has 0 spiro atoms. The van der Waals surface area contributed by atoms with Gasteiger partial charge in [0, 0.05) is 5.56 Å². The Morgan fingerprint density at radius 2 is 1.35 bits per heavy atom. The zero-order valence-electron chi connectivity index (χ0n) is 13.1. The van der Waals surface area contributed by atoms with Gasteiger partial charge in [-0.1, -0.05) is 50.2 Å². The molecule has 0 amide bonds. The molecule has 2 aromatic carbocycles. The highest BCUT2D eigenvalue weighted by Crippen LogP contribution is 2.24. The van der Waals surface area contributed by atoms with Crippen LogP contribution >= 0.6 is 0 Å². The second-order valence-electron chi connectivity index (χ2n) is 5.07. The van der Waals surface area contributed by atoms with E-state index in [2.05, 4.69) is 0 Å². The van der Waals surface area contributed by atoms with E-state index in [0.717, 1.165) is 24.0 Å². The summed E-state index contributed by atoms with van der Waals surface area (Å²) in [7, 11) is 0. The molecule has 0 aliphatic rings. The number of hydrogen-bond acceptors (Lipinski definition) is 2. The highest BCUT2D eigenvalue weighted by Gasteiger charge is 2.19. The summed E-state index contributed by atoms with van der Waals surface area (Å²) in [5, 5.41) is 0. The van der Waals surface area contributed by atoms with Crippen molar-refractivity contribution in [3.8, 4) is 5.75 Å². The van der Waals surface area contributed by atoms with Crippen LogP contribution in [-0.4, -0.2) is 5.97 Å². The third-order valence-corrected chi connectivity index (χ3v) is 3.53. The molecule has 0 bridgehead atoms. The van der Waals surface area contributed by atoms with Crippen LogP contribution in [0.2, 0.25) is 0 Å². The molecule has 2 rings (SSSR count). The van der Waals surface area contributed by atoms with Crippen molar-refractivity contribution in [3.05, 3.63) is 71.0 Å². The van der Waals surface area contributed by atoms with Crippen LogP contribution in [0.3, 0.4) is 0 Å². The van der Waals surface area contributed by atoms with E-state index < -0.39 is 17.6 Å².